The van der Waals surface area contributed by atoms with Crippen molar-refractivity contribution in [2.45, 2.75) is 6.92 Å². The summed E-state index contributed by atoms with van der Waals surface area (Å²) in [5.74, 6) is -0.313. The largest absolute Gasteiger partial charge is 0.375 e. The monoisotopic (exact) mass is 311 g/mol. The van der Waals surface area contributed by atoms with Crippen LogP contribution >= 0.6 is 11.3 Å². The van der Waals surface area contributed by atoms with Crippen molar-refractivity contribution in [1.29, 1.82) is 0 Å². The summed E-state index contributed by atoms with van der Waals surface area (Å²) in [6.07, 6.45) is 1.66. The summed E-state index contributed by atoms with van der Waals surface area (Å²) in [5, 5.41) is 7.23. The normalized spacial score (nSPS) is 11.6. The van der Waals surface area contributed by atoms with E-state index in [2.05, 4.69) is 20.5 Å². The first-order valence-electron chi connectivity index (χ1n) is 6.55. The van der Waals surface area contributed by atoms with Crippen LogP contribution in [0.2, 0.25) is 0 Å². The highest BCUT2D eigenvalue weighted by Gasteiger charge is 2.10. The van der Waals surface area contributed by atoms with Gasteiger partial charge in [0, 0.05) is 17.0 Å². The number of benzene rings is 1. The summed E-state index contributed by atoms with van der Waals surface area (Å²) in [7, 11) is 0. The van der Waals surface area contributed by atoms with Crippen LogP contribution < -0.4 is 11.2 Å². The molecule has 2 heterocycles. The second-order valence-electron chi connectivity index (χ2n) is 4.59. The minimum Gasteiger partial charge on any atom is -0.375 e. The molecule has 0 bridgehead atoms. The number of amides is 1. The number of pyridine rings is 1. The lowest BCUT2D eigenvalue weighted by Crippen LogP contribution is -2.20. The van der Waals surface area contributed by atoms with E-state index in [1.807, 2.05) is 24.3 Å². The first kappa shape index (κ1) is 14.2. The van der Waals surface area contributed by atoms with Crippen molar-refractivity contribution in [3.05, 3.63) is 53.2 Å². The van der Waals surface area contributed by atoms with Crippen LogP contribution in [0.1, 0.15) is 23.0 Å². The highest BCUT2D eigenvalue weighted by molar-refractivity contribution is 7.13. The van der Waals surface area contributed by atoms with E-state index >= 15 is 0 Å². The van der Waals surface area contributed by atoms with Crippen molar-refractivity contribution >= 4 is 39.0 Å². The highest BCUT2D eigenvalue weighted by Crippen LogP contribution is 2.16. The molecule has 0 saturated carbocycles. The maximum absolute atomic E-state index is 12.3. The quantitative estimate of drug-likeness (QED) is 0.574. The van der Waals surface area contributed by atoms with Gasteiger partial charge >= 0.3 is 0 Å². The Morgan fingerprint density at radius 3 is 2.91 bits per heavy atom. The third-order valence-corrected chi connectivity index (χ3v) is 3.77. The molecule has 0 aliphatic heterocycles. The van der Waals surface area contributed by atoms with Crippen molar-refractivity contribution in [2.75, 3.05) is 5.73 Å². The van der Waals surface area contributed by atoms with Gasteiger partial charge < -0.3 is 5.73 Å². The van der Waals surface area contributed by atoms with Crippen LogP contribution in [0, 0.1) is 0 Å². The summed E-state index contributed by atoms with van der Waals surface area (Å²) in [6, 6.07) is 9.18. The molecule has 0 unspecified atom stereocenters. The van der Waals surface area contributed by atoms with Crippen LogP contribution in [0.25, 0.3) is 10.9 Å². The number of anilines is 1. The molecule has 1 amide bonds. The third kappa shape index (κ3) is 2.79. The van der Waals surface area contributed by atoms with Gasteiger partial charge in [-0.25, -0.2) is 10.4 Å². The van der Waals surface area contributed by atoms with Crippen molar-refractivity contribution in [3.63, 3.8) is 0 Å². The number of hydrogen-bond donors (Lipinski definition) is 2. The zero-order valence-electron chi connectivity index (χ0n) is 11.8. The number of thiazole rings is 1. The van der Waals surface area contributed by atoms with Crippen LogP contribution in [0.5, 0.6) is 0 Å². The Labute approximate surface area is 130 Å². The van der Waals surface area contributed by atoms with Gasteiger partial charge in [0.25, 0.3) is 5.91 Å². The minimum absolute atomic E-state index is 0.313. The van der Waals surface area contributed by atoms with Gasteiger partial charge in [0.1, 0.15) is 0 Å². The standard InChI is InChI=1S/C15H13N5OS/c1-9(12-8-22-15(16)18-12)19-20-14(21)11-6-2-4-10-5-3-7-17-13(10)11/h2-8H,1H3,(H2,16,18)(H,20,21). The molecule has 0 fully saturated rings. The van der Waals surface area contributed by atoms with Crippen molar-refractivity contribution in [3.8, 4) is 0 Å². The van der Waals surface area contributed by atoms with Crippen LogP contribution in [0.4, 0.5) is 5.13 Å². The van der Waals surface area contributed by atoms with Crippen molar-refractivity contribution < 1.29 is 4.79 Å². The molecule has 0 spiro atoms. The summed E-state index contributed by atoms with van der Waals surface area (Å²) >= 11 is 1.33. The second kappa shape index (κ2) is 5.90. The summed E-state index contributed by atoms with van der Waals surface area (Å²) < 4.78 is 0. The smallest absolute Gasteiger partial charge is 0.273 e. The topological polar surface area (TPSA) is 93.3 Å². The molecule has 0 saturated heterocycles. The van der Waals surface area contributed by atoms with Gasteiger partial charge in [-0.2, -0.15) is 5.10 Å². The molecule has 0 radical (unpaired) electrons. The molecule has 0 atom stereocenters. The second-order valence-corrected chi connectivity index (χ2v) is 5.48. The lowest BCUT2D eigenvalue weighted by atomic mass is 10.1. The van der Waals surface area contributed by atoms with Crippen LogP contribution in [0.3, 0.4) is 0 Å². The molecule has 1 aromatic carbocycles. The predicted molar refractivity (Wildman–Crippen MR) is 87.9 cm³/mol. The number of para-hydroxylation sites is 1. The first-order valence-corrected chi connectivity index (χ1v) is 7.43. The number of aromatic nitrogens is 2. The fourth-order valence-electron chi connectivity index (χ4n) is 1.99. The van der Waals surface area contributed by atoms with Crippen molar-refractivity contribution in [1.82, 2.24) is 15.4 Å². The number of fused-ring (bicyclic) bond motifs is 1. The molecule has 7 heteroatoms. The fourth-order valence-corrected chi connectivity index (χ4v) is 2.60. The summed E-state index contributed by atoms with van der Waals surface area (Å²) in [5.41, 5.74) is 10.5. The van der Waals surface area contributed by atoms with E-state index in [9.17, 15) is 4.79 Å². The summed E-state index contributed by atoms with van der Waals surface area (Å²) in [4.78, 5) is 20.7. The Balaban J connectivity index is 1.85. The number of hydrogen-bond acceptors (Lipinski definition) is 6. The minimum atomic E-state index is -0.313. The van der Waals surface area contributed by atoms with Crippen LogP contribution in [-0.4, -0.2) is 21.6 Å². The molecule has 0 aliphatic rings. The average molecular weight is 311 g/mol. The number of nitrogens with zero attached hydrogens (tertiary/aromatic N) is 3. The number of nitrogen functional groups attached to an aromatic ring is 1. The van der Waals surface area contributed by atoms with Gasteiger partial charge in [0.05, 0.1) is 22.5 Å². The van der Waals surface area contributed by atoms with E-state index in [1.54, 1.807) is 24.6 Å². The first-order chi connectivity index (χ1) is 10.6. The molecular weight excluding hydrogens is 298 g/mol. The van der Waals surface area contributed by atoms with E-state index in [0.29, 0.717) is 27.6 Å². The van der Waals surface area contributed by atoms with Crippen molar-refractivity contribution in [2.24, 2.45) is 5.10 Å². The number of carbonyl (C=O) groups excluding carboxylic acids is 1. The maximum Gasteiger partial charge on any atom is 0.273 e. The molecule has 3 aromatic rings. The number of hydrazone groups is 1. The molecule has 3 rings (SSSR count). The SMILES string of the molecule is CC(=NNC(=O)c1cccc2cccnc12)c1csc(N)n1. The van der Waals surface area contributed by atoms with E-state index in [-0.39, 0.29) is 5.91 Å². The number of nitrogens with two attached hydrogens (primary N) is 1. The van der Waals surface area contributed by atoms with Crippen LogP contribution in [0.15, 0.2) is 47.0 Å². The van der Waals surface area contributed by atoms with Gasteiger partial charge in [-0.1, -0.05) is 18.2 Å². The van der Waals surface area contributed by atoms with Gasteiger partial charge in [0.2, 0.25) is 0 Å². The van der Waals surface area contributed by atoms with E-state index in [0.717, 1.165) is 5.39 Å². The molecule has 0 aliphatic carbocycles. The highest BCUT2D eigenvalue weighted by atomic mass is 32.1. The number of carbonyl (C=O) groups is 1. The molecule has 110 valence electrons. The van der Waals surface area contributed by atoms with E-state index < -0.39 is 0 Å². The Morgan fingerprint density at radius 1 is 1.32 bits per heavy atom. The third-order valence-electron chi connectivity index (χ3n) is 3.10. The summed E-state index contributed by atoms with van der Waals surface area (Å²) in [6.45, 7) is 1.76. The van der Waals surface area contributed by atoms with Gasteiger partial charge in [-0.05, 0) is 19.1 Å². The molecule has 6 nitrogen and oxygen atoms in total. The van der Waals surface area contributed by atoms with Gasteiger partial charge in [-0.3, -0.25) is 9.78 Å². The molecule has 22 heavy (non-hydrogen) atoms. The van der Waals surface area contributed by atoms with Gasteiger partial charge in [0.15, 0.2) is 5.13 Å². The fraction of sp³-hybridized carbons (Fsp3) is 0.0667. The Hall–Kier alpha value is -2.80. The van der Waals surface area contributed by atoms with E-state index in [4.69, 9.17) is 5.73 Å². The molecule has 3 N–H and O–H groups in total. The number of nitrogens with one attached hydrogen (secondary N) is 1. The predicted octanol–water partition coefficient (Wildman–Crippen LogP) is 2.43. The van der Waals surface area contributed by atoms with Gasteiger partial charge in [-0.15, -0.1) is 11.3 Å². The zero-order chi connectivity index (χ0) is 15.5. The molecule has 2 aromatic heterocycles. The van der Waals surface area contributed by atoms with E-state index in [1.165, 1.54) is 11.3 Å². The average Bonchev–Trinajstić information content (AvgIpc) is 2.98. The lowest BCUT2D eigenvalue weighted by Gasteiger charge is -2.04. The van der Waals surface area contributed by atoms with Crippen LogP contribution in [-0.2, 0) is 0 Å². The maximum atomic E-state index is 12.3. The Morgan fingerprint density at radius 2 is 2.14 bits per heavy atom. The zero-order valence-corrected chi connectivity index (χ0v) is 12.6. The molecular formula is C15H13N5OS. The Bertz CT molecular complexity index is 866. The lowest BCUT2D eigenvalue weighted by molar-refractivity contribution is 0.0956. The Kier molecular flexibility index (Phi) is 3.80. The number of rotatable bonds is 3.